The van der Waals surface area contributed by atoms with Crippen molar-refractivity contribution in [2.24, 2.45) is 5.92 Å². The standard InChI is InChI=1S/C14H16N4O/c1-9(2)14(19)18-12-4-5-13(17-10(12)3)11-6-15-8-16-7-11/h4-9H,1-3H3,(H,18,19). The van der Waals surface area contributed by atoms with Crippen LogP contribution in [-0.2, 0) is 4.79 Å². The molecule has 0 radical (unpaired) electrons. The van der Waals surface area contributed by atoms with Crippen LogP contribution in [0.1, 0.15) is 19.5 Å². The van der Waals surface area contributed by atoms with E-state index in [0.29, 0.717) is 0 Å². The zero-order valence-electron chi connectivity index (χ0n) is 11.2. The Morgan fingerprint density at radius 3 is 2.47 bits per heavy atom. The zero-order valence-corrected chi connectivity index (χ0v) is 11.2. The Balaban J connectivity index is 2.25. The van der Waals surface area contributed by atoms with Crippen molar-refractivity contribution in [2.45, 2.75) is 20.8 Å². The fourth-order valence-corrected chi connectivity index (χ4v) is 1.56. The van der Waals surface area contributed by atoms with Crippen molar-refractivity contribution in [1.82, 2.24) is 15.0 Å². The molecule has 0 saturated heterocycles. The quantitative estimate of drug-likeness (QED) is 0.915. The highest BCUT2D eigenvalue weighted by molar-refractivity contribution is 5.92. The van der Waals surface area contributed by atoms with Crippen LogP contribution in [0.5, 0.6) is 0 Å². The summed E-state index contributed by atoms with van der Waals surface area (Å²) in [6, 6.07) is 3.70. The van der Waals surface area contributed by atoms with Crippen molar-refractivity contribution >= 4 is 11.6 Å². The molecule has 19 heavy (non-hydrogen) atoms. The number of carbonyl (C=O) groups excluding carboxylic acids is 1. The van der Waals surface area contributed by atoms with Gasteiger partial charge in [0.2, 0.25) is 5.91 Å². The molecule has 98 valence electrons. The molecule has 2 aromatic heterocycles. The first kappa shape index (κ1) is 13.1. The number of carbonyl (C=O) groups is 1. The number of rotatable bonds is 3. The van der Waals surface area contributed by atoms with Crippen LogP contribution in [0.25, 0.3) is 11.3 Å². The number of aryl methyl sites for hydroxylation is 1. The van der Waals surface area contributed by atoms with Crippen molar-refractivity contribution in [1.29, 1.82) is 0 Å². The van der Waals surface area contributed by atoms with Gasteiger partial charge in [-0.05, 0) is 19.1 Å². The fourth-order valence-electron chi connectivity index (χ4n) is 1.56. The summed E-state index contributed by atoms with van der Waals surface area (Å²) in [5, 5.41) is 2.86. The lowest BCUT2D eigenvalue weighted by molar-refractivity contribution is -0.118. The van der Waals surface area contributed by atoms with Crippen LogP contribution in [0.3, 0.4) is 0 Å². The van der Waals surface area contributed by atoms with E-state index in [1.54, 1.807) is 12.4 Å². The highest BCUT2D eigenvalue weighted by Gasteiger charge is 2.10. The number of hydrogen-bond donors (Lipinski definition) is 1. The molecule has 1 N–H and O–H groups in total. The van der Waals surface area contributed by atoms with Crippen LogP contribution >= 0.6 is 0 Å². The SMILES string of the molecule is Cc1nc(-c2cncnc2)ccc1NC(=O)C(C)C. The van der Waals surface area contributed by atoms with Crippen molar-refractivity contribution < 1.29 is 4.79 Å². The van der Waals surface area contributed by atoms with Crippen LogP contribution < -0.4 is 5.32 Å². The van der Waals surface area contributed by atoms with E-state index >= 15 is 0 Å². The van der Waals surface area contributed by atoms with Crippen LogP contribution in [-0.4, -0.2) is 20.9 Å². The van der Waals surface area contributed by atoms with Crippen molar-refractivity contribution in [3.05, 3.63) is 36.5 Å². The second-order valence-corrected chi connectivity index (χ2v) is 4.60. The molecule has 0 aliphatic carbocycles. The van der Waals surface area contributed by atoms with Crippen LogP contribution in [0.4, 0.5) is 5.69 Å². The Bertz CT molecular complexity index is 581. The molecule has 0 saturated carbocycles. The first-order chi connectivity index (χ1) is 9.08. The molecule has 1 amide bonds. The van der Waals surface area contributed by atoms with E-state index in [4.69, 9.17) is 0 Å². The van der Waals surface area contributed by atoms with E-state index in [-0.39, 0.29) is 11.8 Å². The van der Waals surface area contributed by atoms with Gasteiger partial charge < -0.3 is 5.32 Å². The molecule has 5 nitrogen and oxygen atoms in total. The van der Waals surface area contributed by atoms with Crippen molar-refractivity contribution in [3.8, 4) is 11.3 Å². The van der Waals surface area contributed by atoms with E-state index in [1.807, 2.05) is 32.9 Å². The van der Waals surface area contributed by atoms with Gasteiger partial charge >= 0.3 is 0 Å². The molecule has 0 bridgehead atoms. The largest absolute Gasteiger partial charge is 0.324 e. The molecule has 0 unspecified atom stereocenters. The molecule has 0 spiro atoms. The van der Waals surface area contributed by atoms with Gasteiger partial charge in [0.05, 0.1) is 17.1 Å². The summed E-state index contributed by atoms with van der Waals surface area (Å²) in [4.78, 5) is 24.0. The average molecular weight is 256 g/mol. The van der Waals surface area contributed by atoms with Crippen LogP contribution in [0, 0.1) is 12.8 Å². The van der Waals surface area contributed by atoms with Crippen molar-refractivity contribution in [2.75, 3.05) is 5.32 Å². The smallest absolute Gasteiger partial charge is 0.226 e. The molecule has 0 aromatic carbocycles. The van der Waals surface area contributed by atoms with E-state index < -0.39 is 0 Å². The maximum absolute atomic E-state index is 11.7. The molecule has 2 rings (SSSR count). The summed E-state index contributed by atoms with van der Waals surface area (Å²) in [6.07, 6.45) is 4.90. The second kappa shape index (κ2) is 5.56. The normalized spacial score (nSPS) is 10.5. The third-order valence-corrected chi connectivity index (χ3v) is 2.72. The van der Waals surface area contributed by atoms with Crippen molar-refractivity contribution in [3.63, 3.8) is 0 Å². The Morgan fingerprint density at radius 1 is 1.21 bits per heavy atom. The maximum Gasteiger partial charge on any atom is 0.226 e. The first-order valence-corrected chi connectivity index (χ1v) is 6.12. The molecular weight excluding hydrogens is 240 g/mol. The van der Waals surface area contributed by atoms with E-state index in [1.165, 1.54) is 6.33 Å². The summed E-state index contributed by atoms with van der Waals surface area (Å²) >= 11 is 0. The van der Waals surface area contributed by atoms with Gasteiger partial charge in [-0.3, -0.25) is 9.78 Å². The third-order valence-electron chi connectivity index (χ3n) is 2.72. The predicted octanol–water partition coefficient (Wildman–Crippen LogP) is 2.44. The van der Waals surface area contributed by atoms with E-state index in [9.17, 15) is 4.79 Å². The van der Waals surface area contributed by atoms with E-state index in [2.05, 4.69) is 20.3 Å². The Labute approximate surface area is 112 Å². The lowest BCUT2D eigenvalue weighted by Crippen LogP contribution is -2.18. The first-order valence-electron chi connectivity index (χ1n) is 6.12. The molecule has 0 atom stereocenters. The number of amides is 1. The number of aromatic nitrogens is 3. The highest BCUT2D eigenvalue weighted by atomic mass is 16.1. The van der Waals surface area contributed by atoms with Crippen LogP contribution in [0.2, 0.25) is 0 Å². The zero-order chi connectivity index (χ0) is 13.8. The van der Waals surface area contributed by atoms with Crippen LogP contribution in [0.15, 0.2) is 30.9 Å². The van der Waals surface area contributed by atoms with Gasteiger partial charge in [-0.1, -0.05) is 13.8 Å². The van der Waals surface area contributed by atoms with Gasteiger partial charge in [0.1, 0.15) is 6.33 Å². The van der Waals surface area contributed by atoms with E-state index in [0.717, 1.165) is 22.6 Å². The lowest BCUT2D eigenvalue weighted by atomic mass is 10.1. The number of pyridine rings is 1. The minimum Gasteiger partial charge on any atom is -0.324 e. The Morgan fingerprint density at radius 2 is 1.89 bits per heavy atom. The summed E-state index contributed by atoms with van der Waals surface area (Å²) < 4.78 is 0. The molecular formula is C14H16N4O. The summed E-state index contributed by atoms with van der Waals surface area (Å²) in [5.41, 5.74) is 3.16. The van der Waals surface area contributed by atoms with Gasteiger partial charge in [-0.25, -0.2) is 9.97 Å². The molecule has 5 heteroatoms. The van der Waals surface area contributed by atoms with Gasteiger partial charge in [0.15, 0.2) is 0 Å². The van der Waals surface area contributed by atoms with Gasteiger partial charge in [0, 0.05) is 23.9 Å². The Kier molecular flexibility index (Phi) is 3.85. The fraction of sp³-hybridized carbons (Fsp3) is 0.286. The van der Waals surface area contributed by atoms with Gasteiger partial charge in [-0.2, -0.15) is 0 Å². The number of anilines is 1. The topological polar surface area (TPSA) is 67.8 Å². The Hall–Kier alpha value is -2.30. The lowest BCUT2D eigenvalue weighted by Gasteiger charge is -2.11. The minimum atomic E-state index is -0.0541. The van der Waals surface area contributed by atoms with Gasteiger partial charge in [0.25, 0.3) is 0 Å². The summed E-state index contributed by atoms with van der Waals surface area (Å²) in [6.45, 7) is 5.57. The summed E-state index contributed by atoms with van der Waals surface area (Å²) in [5.74, 6) is -0.0673. The number of nitrogens with one attached hydrogen (secondary N) is 1. The third kappa shape index (κ3) is 3.13. The second-order valence-electron chi connectivity index (χ2n) is 4.60. The summed E-state index contributed by atoms with van der Waals surface area (Å²) in [7, 11) is 0. The maximum atomic E-state index is 11.7. The number of nitrogens with zero attached hydrogens (tertiary/aromatic N) is 3. The average Bonchev–Trinajstić information content (AvgIpc) is 2.41. The predicted molar refractivity (Wildman–Crippen MR) is 73.5 cm³/mol. The molecule has 2 heterocycles. The minimum absolute atomic E-state index is 0.0132. The molecule has 2 aromatic rings. The monoisotopic (exact) mass is 256 g/mol. The molecule has 0 fully saturated rings. The van der Waals surface area contributed by atoms with Gasteiger partial charge in [-0.15, -0.1) is 0 Å². The highest BCUT2D eigenvalue weighted by Crippen LogP contribution is 2.20. The number of hydrogen-bond acceptors (Lipinski definition) is 4. The molecule has 0 aliphatic rings. The molecule has 0 aliphatic heterocycles.